The Labute approximate surface area is 107 Å². The van der Waals surface area contributed by atoms with Gasteiger partial charge < -0.3 is 9.57 Å². The zero-order chi connectivity index (χ0) is 12.8. The fourth-order valence-electron chi connectivity index (χ4n) is 1.54. The lowest BCUT2D eigenvalue weighted by Crippen LogP contribution is -1.94. The van der Waals surface area contributed by atoms with E-state index >= 15 is 0 Å². The first kappa shape index (κ1) is 12.2. The highest BCUT2D eigenvalue weighted by Gasteiger charge is 2.00. The molecule has 0 spiro atoms. The molecule has 0 amide bonds. The summed E-state index contributed by atoms with van der Waals surface area (Å²) in [4.78, 5) is 4.49. The SMILES string of the molecule is [CH2]O/N=C(\C)c1ccc(Oc2ccccc2)cc1. The van der Waals surface area contributed by atoms with Gasteiger partial charge in [0.2, 0.25) is 0 Å². The number of para-hydroxylation sites is 1. The van der Waals surface area contributed by atoms with Gasteiger partial charge >= 0.3 is 0 Å². The molecule has 0 bridgehead atoms. The van der Waals surface area contributed by atoms with Crippen LogP contribution in [-0.4, -0.2) is 5.71 Å². The van der Waals surface area contributed by atoms with Crippen LogP contribution in [0.3, 0.4) is 0 Å². The van der Waals surface area contributed by atoms with Crippen LogP contribution < -0.4 is 4.74 Å². The molecule has 1 radical (unpaired) electrons. The maximum absolute atomic E-state index is 5.69. The second-order valence-corrected chi connectivity index (χ2v) is 3.75. The van der Waals surface area contributed by atoms with Crippen LogP contribution in [0.1, 0.15) is 12.5 Å². The lowest BCUT2D eigenvalue weighted by molar-refractivity contribution is 0.260. The maximum Gasteiger partial charge on any atom is 0.153 e. The standard InChI is InChI=1S/C15H14NO2/c1-12(16-17-2)13-8-10-15(11-9-13)18-14-6-4-3-5-7-14/h3-11H,2H2,1H3/b16-12+. The quantitative estimate of drug-likeness (QED) is 0.597. The number of benzene rings is 2. The van der Waals surface area contributed by atoms with Crippen molar-refractivity contribution in [3.8, 4) is 11.5 Å². The summed E-state index contributed by atoms with van der Waals surface area (Å²) < 4.78 is 5.69. The van der Waals surface area contributed by atoms with Crippen LogP contribution >= 0.6 is 0 Å². The predicted molar refractivity (Wildman–Crippen MR) is 71.6 cm³/mol. The molecule has 0 aliphatic carbocycles. The van der Waals surface area contributed by atoms with Crippen LogP contribution in [0.15, 0.2) is 59.8 Å². The molecule has 0 aromatic heterocycles. The summed E-state index contributed by atoms with van der Waals surface area (Å²) in [5, 5.41) is 3.77. The molecule has 0 aliphatic rings. The predicted octanol–water partition coefficient (Wildman–Crippen LogP) is 4.01. The van der Waals surface area contributed by atoms with Gasteiger partial charge in [0.25, 0.3) is 0 Å². The second kappa shape index (κ2) is 5.87. The highest BCUT2D eigenvalue weighted by atomic mass is 16.6. The number of hydrogen-bond acceptors (Lipinski definition) is 3. The molecule has 0 N–H and O–H groups in total. The fourth-order valence-corrected chi connectivity index (χ4v) is 1.54. The van der Waals surface area contributed by atoms with E-state index in [0.29, 0.717) is 0 Å². The average molecular weight is 240 g/mol. The summed E-state index contributed by atoms with van der Waals surface area (Å²) in [7, 11) is 3.21. The highest BCUT2D eigenvalue weighted by molar-refractivity contribution is 5.98. The summed E-state index contributed by atoms with van der Waals surface area (Å²) >= 11 is 0. The average Bonchev–Trinajstić information content (AvgIpc) is 2.41. The number of ether oxygens (including phenoxy) is 1. The minimum Gasteiger partial charge on any atom is -0.457 e. The van der Waals surface area contributed by atoms with E-state index in [0.717, 1.165) is 22.8 Å². The Morgan fingerprint density at radius 1 is 0.944 bits per heavy atom. The molecule has 0 heterocycles. The molecule has 0 unspecified atom stereocenters. The van der Waals surface area contributed by atoms with Crippen LogP contribution in [0.25, 0.3) is 0 Å². The number of nitrogens with zero attached hydrogens (tertiary/aromatic N) is 1. The normalized spacial score (nSPS) is 11.1. The molecule has 2 rings (SSSR count). The van der Waals surface area contributed by atoms with E-state index in [1.165, 1.54) is 0 Å². The third-order valence-electron chi connectivity index (χ3n) is 2.45. The Bertz CT molecular complexity index is 518. The zero-order valence-corrected chi connectivity index (χ0v) is 10.2. The molecule has 0 saturated carbocycles. The monoisotopic (exact) mass is 240 g/mol. The first-order chi connectivity index (χ1) is 8.79. The van der Waals surface area contributed by atoms with Gasteiger partial charge in [0.1, 0.15) is 11.5 Å². The first-order valence-electron chi connectivity index (χ1n) is 5.59. The maximum atomic E-state index is 5.69. The number of rotatable bonds is 4. The summed E-state index contributed by atoms with van der Waals surface area (Å²) in [6.07, 6.45) is 0. The Hall–Kier alpha value is -2.29. The topological polar surface area (TPSA) is 30.8 Å². The highest BCUT2D eigenvalue weighted by Crippen LogP contribution is 2.21. The largest absolute Gasteiger partial charge is 0.457 e. The van der Waals surface area contributed by atoms with Gasteiger partial charge in [-0.1, -0.05) is 23.4 Å². The molecule has 3 heteroatoms. The van der Waals surface area contributed by atoms with Gasteiger partial charge in [-0.3, -0.25) is 0 Å². The van der Waals surface area contributed by atoms with Crippen molar-refractivity contribution < 1.29 is 9.57 Å². The van der Waals surface area contributed by atoms with Crippen molar-refractivity contribution in [2.24, 2.45) is 5.16 Å². The lowest BCUT2D eigenvalue weighted by Gasteiger charge is -2.06. The van der Waals surface area contributed by atoms with Gasteiger partial charge in [-0.2, -0.15) is 0 Å². The summed E-state index contributed by atoms with van der Waals surface area (Å²) in [6, 6.07) is 17.3. The second-order valence-electron chi connectivity index (χ2n) is 3.75. The van der Waals surface area contributed by atoms with E-state index in [1.807, 2.05) is 61.5 Å². The summed E-state index contributed by atoms with van der Waals surface area (Å²) in [5.74, 6) is 1.60. The third kappa shape index (κ3) is 3.10. The van der Waals surface area contributed by atoms with E-state index in [4.69, 9.17) is 4.74 Å². The van der Waals surface area contributed by atoms with Gasteiger partial charge in [-0.25, -0.2) is 0 Å². The summed E-state index contributed by atoms with van der Waals surface area (Å²) in [6.45, 7) is 1.86. The minimum atomic E-state index is 0.774. The lowest BCUT2D eigenvalue weighted by atomic mass is 10.1. The molecule has 91 valence electrons. The third-order valence-corrected chi connectivity index (χ3v) is 2.45. The van der Waals surface area contributed by atoms with Crippen molar-refractivity contribution in [3.05, 3.63) is 67.3 Å². The van der Waals surface area contributed by atoms with Crippen molar-refractivity contribution >= 4 is 5.71 Å². The van der Waals surface area contributed by atoms with Gasteiger partial charge in [0.05, 0.1) is 5.71 Å². The Balaban J connectivity index is 2.11. The van der Waals surface area contributed by atoms with E-state index < -0.39 is 0 Å². The van der Waals surface area contributed by atoms with Crippen molar-refractivity contribution in [3.63, 3.8) is 0 Å². The van der Waals surface area contributed by atoms with Crippen LogP contribution in [0.5, 0.6) is 11.5 Å². The first-order valence-corrected chi connectivity index (χ1v) is 5.59. The fraction of sp³-hybridized carbons (Fsp3) is 0.0667. The van der Waals surface area contributed by atoms with Crippen LogP contribution in [-0.2, 0) is 4.84 Å². The van der Waals surface area contributed by atoms with Crippen LogP contribution in [0.2, 0.25) is 0 Å². The van der Waals surface area contributed by atoms with Crippen LogP contribution in [0, 0.1) is 7.11 Å². The summed E-state index contributed by atoms with van der Waals surface area (Å²) in [5.41, 5.74) is 1.75. The smallest absolute Gasteiger partial charge is 0.153 e. The van der Waals surface area contributed by atoms with E-state index in [-0.39, 0.29) is 0 Å². The number of oxime groups is 1. The van der Waals surface area contributed by atoms with Crippen molar-refractivity contribution in [1.82, 2.24) is 0 Å². The molecule has 2 aromatic rings. The van der Waals surface area contributed by atoms with E-state index in [1.54, 1.807) is 0 Å². The molecule has 0 atom stereocenters. The minimum absolute atomic E-state index is 0.774. The molecule has 0 saturated heterocycles. The Kier molecular flexibility index (Phi) is 3.97. The number of hydrogen-bond donors (Lipinski definition) is 0. The molecule has 3 nitrogen and oxygen atoms in total. The molecule has 2 aromatic carbocycles. The van der Waals surface area contributed by atoms with Gasteiger partial charge in [0.15, 0.2) is 7.11 Å². The van der Waals surface area contributed by atoms with Gasteiger partial charge in [0, 0.05) is 0 Å². The van der Waals surface area contributed by atoms with Crippen molar-refractivity contribution in [2.45, 2.75) is 6.92 Å². The van der Waals surface area contributed by atoms with Crippen molar-refractivity contribution in [2.75, 3.05) is 0 Å². The van der Waals surface area contributed by atoms with Gasteiger partial charge in [-0.15, -0.1) is 0 Å². The zero-order valence-electron chi connectivity index (χ0n) is 10.2. The van der Waals surface area contributed by atoms with E-state index in [9.17, 15) is 0 Å². The molecule has 0 aliphatic heterocycles. The van der Waals surface area contributed by atoms with E-state index in [2.05, 4.69) is 17.1 Å². The molecular weight excluding hydrogens is 226 g/mol. The van der Waals surface area contributed by atoms with Crippen LogP contribution in [0.4, 0.5) is 0 Å². The van der Waals surface area contributed by atoms with Gasteiger partial charge in [-0.05, 0) is 48.9 Å². The molecule has 0 fully saturated rings. The Morgan fingerprint density at radius 2 is 1.56 bits per heavy atom. The Morgan fingerprint density at radius 3 is 2.17 bits per heavy atom. The molecule has 18 heavy (non-hydrogen) atoms. The molecular formula is C15H14NO2. The van der Waals surface area contributed by atoms with Crippen molar-refractivity contribution in [1.29, 1.82) is 0 Å².